The van der Waals surface area contributed by atoms with Crippen LogP contribution >= 0.6 is 22.9 Å². The van der Waals surface area contributed by atoms with Crippen LogP contribution in [0.1, 0.15) is 37.9 Å². The average Bonchev–Trinajstić information content (AvgIpc) is 3.93. The number of alkyl halides is 1. The molecule has 17 heteroatoms. The van der Waals surface area contributed by atoms with Gasteiger partial charge >= 0.3 is 12.0 Å². The number of halogens is 4. The lowest BCUT2D eigenvalue weighted by Crippen LogP contribution is -2.57. The molecule has 262 valence electrons. The minimum absolute atomic E-state index is 0.00624. The Morgan fingerprint density at radius 1 is 1.16 bits per heavy atom. The molecule has 5 aromatic rings. The van der Waals surface area contributed by atoms with Gasteiger partial charge in [-0.3, -0.25) is 4.90 Å². The third-order valence-corrected chi connectivity index (χ3v) is 12.0. The topological polar surface area (TPSA) is 142 Å². The molecule has 0 aliphatic carbocycles. The zero-order chi connectivity index (χ0) is 35.2. The predicted octanol–water partition coefficient (Wildman–Crippen LogP) is 5.76. The number of anilines is 2. The van der Waals surface area contributed by atoms with E-state index in [1.165, 1.54) is 29.1 Å². The number of ether oxygens (including phenoxy) is 1. The molecule has 4 atom stereocenters. The second-order valence-electron chi connectivity index (χ2n) is 13.7. The van der Waals surface area contributed by atoms with E-state index in [1.54, 1.807) is 11.0 Å². The van der Waals surface area contributed by atoms with Crippen molar-refractivity contribution in [3.63, 3.8) is 0 Å². The molecular weight excluding hydrogens is 705 g/mol. The maximum Gasteiger partial charge on any atom is 0.331 e. The van der Waals surface area contributed by atoms with E-state index in [0.29, 0.717) is 37.3 Å². The van der Waals surface area contributed by atoms with Gasteiger partial charge in [0.25, 0.3) is 0 Å². The van der Waals surface area contributed by atoms with E-state index in [0.717, 1.165) is 43.6 Å². The van der Waals surface area contributed by atoms with E-state index in [1.807, 2.05) is 11.0 Å². The number of nitriles is 1. The number of fused-ring (bicyclic) bond motifs is 5. The van der Waals surface area contributed by atoms with Crippen molar-refractivity contribution in [2.75, 3.05) is 43.4 Å². The molecule has 7 heterocycles. The number of imidazole rings is 1. The SMILES string of the molecule is N#Cc1nccn1C(=O)N1C2CCC1CN(c1nc(OC[C@@]34CCCN3C[C@H](F)C4)nc3c(F)c(-c4ccc(F)c5sc(N)nc45)c(Cl)cc13)C2. The normalized spacial score (nSPS) is 24.5. The molecule has 2 unspecified atom stereocenters. The van der Waals surface area contributed by atoms with Gasteiger partial charge < -0.3 is 20.3 Å². The van der Waals surface area contributed by atoms with Crippen LogP contribution < -0.4 is 15.4 Å². The van der Waals surface area contributed by atoms with Crippen molar-refractivity contribution in [2.45, 2.75) is 55.9 Å². The second kappa shape index (κ2) is 11.9. The van der Waals surface area contributed by atoms with Gasteiger partial charge in [-0.05, 0) is 50.4 Å². The number of nitrogens with two attached hydrogens (primary N) is 1. The Morgan fingerprint density at radius 3 is 2.75 bits per heavy atom. The molecule has 0 spiro atoms. The first-order chi connectivity index (χ1) is 24.6. The Kier molecular flexibility index (Phi) is 7.53. The lowest BCUT2D eigenvalue weighted by atomic mass is 9.95. The first kappa shape index (κ1) is 32.2. The lowest BCUT2D eigenvalue weighted by Gasteiger charge is -2.41. The molecule has 2 N–H and O–H groups in total. The molecule has 51 heavy (non-hydrogen) atoms. The third-order valence-electron chi connectivity index (χ3n) is 10.8. The second-order valence-corrected chi connectivity index (χ2v) is 15.1. The number of hydrogen-bond donors (Lipinski definition) is 1. The summed E-state index contributed by atoms with van der Waals surface area (Å²) in [5.74, 6) is -0.916. The zero-order valence-corrected chi connectivity index (χ0v) is 28.6. The van der Waals surface area contributed by atoms with Crippen LogP contribution in [0, 0.1) is 23.0 Å². The monoisotopic (exact) mass is 734 g/mol. The van der Waals surface area contributed by atoms with E-state index in [-0.39, 0.29) is 73.6 Å². The number of nitrogens with zero attached hydrogens (tertiary/aromatic N) is 9. The van der Waals surface area contributed by atoms with Gasteiger partial charge in [0.2, 0.25) is 5.82 Å². The molecule has 2 aromatic carbocycles. The number of rotatable bonds is 5. The highest BCUT2D eigenvalue weighted by molar-refractivity contribution is 7.22. The Bertz CT molecular complexity index is 2280. The highest BCUT2D eigenvalue weighted by atomic mass is 35.5. The Labute approximate surface area is 298 Å². The van der Waals surface area contributed by atoms with Crippen molar-refractivity contribution in [1.82, 2.24) is 34.3 Å². The van der Waals surface area contributed by atoms with Crippen molar-refractivity contribution < 1.29 is 22.7 Å². The van der Waals surface area contributed by atoms with Gasteiger partial charge in [-0.2, -0.15) is 15.2 Å². The first-order valence-electron chi connectivity index (χ1n) is 16.7. The van der Waals surface area contributed by atoms with Gasteiger partial charge in [0.15, 0.2) is 10.9 Å². The van der Waals surface area contributed by atoms with Gasteiger partial charge in [-0.15, -0.1) is 0 Å². The molecule has 3 aromatic heterocycles. The predicted molar refractivity (Wildman–Crippen MR) is 185 cm³/mol. The molecule has 4 aliphatic heterocycles. The highest BCUT2D eigenvalue weighted by Gasteiger charge is 2.50. The van der Waals surface area contributed by atoms with Crippen LogP contribution in [0.15, 0.2) is 30.6 Å². The van der Waals surface area contributed by atoms with Crippen LogP contribution in [-0.4, -0.2) is 96.9 Å². The number of piperazine rings is 1. The summed E-state index contributed by atoms with van der Waals surface area (Å²) in [6.45, 7) is 1.99. The average molecular weight is 735 g/mol. The van der Waals surface area contributed by atoms with E-state index in [2.05, 4.69) is 19.9 Å². The fourth-order valence-corrected chi connectivity index (χ4v) is 9.66. The largest absolute Gasteiger partial charge is 0.461 e. The summed E-state index contributed by atoms with van der Waals surface area (Å²) >= 11 is 7.81. The molecule has 4 aliphatic rings. The molecule has 9 rings (SSSR count). The van der Waals surface area contributed by atoms with Crippen LogP contribution in [0.2, 0.25) is 5.02 Å². The summed E-state index contributed by atoms with van der Waals surface area (Å²) in [7, 11) is 0. The minimum Gasteiger partial charge on any atom is -0.461 e. The van der Waals surface area contributed by atoms with Gasteiger partial charge in [-0.1, -0.05) is 22.9 Å². The van der Waals surface area contributed by atoms with Gasteiger partial charge in [0.05, 0.1) is 32.9 Å². The number of aromatic nitrogens is 5. The summed E-state index contributed by atoms with van der Waals surface area (Å²) in [4.78, 5) is 37.2. The number of nitrogen functional groups attached to an aromatic ring is 1. The molecule has 4 saturated heterocycles. The van der Waals surface area contributed by atoms with Crippen molar-refractivity contribution in [1.29, 1.82) is 5.26 Å². The van der Waals surface area contributed by atoms with E-state index in [4.69, 9.17) is 27.1 Å². The molecule has 0 radical (unpaired) electrons. The van der Waals surface area contributed by atoms with Crippen LogP contribution in [-0.2, 0) is 0 Å². The summed E-state index contributed by atoms with van der Waals surface area (Å²) in [5, 5.41) is 9.97. The van der Waals surface area contributed by atoms with Gasteiger partial charge in [0.1, 0.15) is 36.0 Å². The Balaban J connectivity index is 1.14. The standard InChI is InChI=1S/C34H30ClF3N10O2S/c35-22-10-21-27(26(38)25(22)20-4-5-23(37)29-28(20)42-31(40)51-29)43-32(50-16-34-6-1-8-46(34)13-17(36)11-34)44-30(21)45-14-18-2-3-19(15-45)48(18)33(49)47-9-7-41-24(47)12-39/h4-5,7,9-10,17-19H,1-3,6,8,11,13-16H2,(H2,40,42)/t17-,18?,19?,34+/m1/s1. The zero-order valence-electron chi connectivity index (χ0n) is 27.0. The molecule has 12 nitrogen and oxygen atoms in total. The van der Waals surface area contributed by atoms with E-state index in [9.17, 15) is 18.8 Å². The van der Waals surface area contributed by atoms with Gasteiger partial charge in [0, 0.05) is 55.0 Å². The number of hydrogen-bond acceptors (Lipinski definition) is 11. The van der Waals surface area contributed by atoms with Crippen molar-refractivity contribution in [2.24, 2.45) is 0 Å². The maximum atomic E-state index is 17.0. The maximum absolute atomic E-state index is 17.0. The van der Waals surface area contributed by atoms with Crippen LogP contribution in [0.25, 0.3) is 32.2 Å². The molecule has 4 fully saturated rings. The van der Waals surface area contributed by atoms with Crippen LogP contribution in [0.3, 0.4) is 0 Å². The number of amides is 1. The van der Waals surface area contributed by atoms with E-state index >= 15 is 4.39 Å². The minimum atomic E-state index is -0.961. The summed E-state index contributed by atoms with van der Waals surface area (Å²) in [5.41, 5.74) is 5.79. The lowest BCUT2D eigenvalue weighted by molar-refractivity contribution is 0.107. The van der Waals surface area contributed by atoms with Crippen LogP contribution in [0.5, 0.6) is 6.01 Å². The fraction of sp³-hybridized carbons (Fsp3) is 0.412. The molecule has 0 saturated carbocycles. The van der Waals surface area contributed by atoms with Crippen LogP contribution in [0.4, 0.5) is 28.9 Å². The van der Waals surface area contributed by atoms with Gasteiger partial charge in [-0.25, -0.2) is 32.5 Å². The van der Waals surface area contributed by atoms with E-state index < -0.39 is 23.3 Å². The quantitative estimate of drug-likeness (QED) is 0.237. The number of benzene rings is 2. The molecule has 1 amide bonds. The number of carbonyl (C=O) groups is 1. The highest BCUT2D eigenvalue weighted by Crippen LogP contribution is 2.45. The first-order valence-corrected chi connectivity index (χ1v) is 17.9. The molecular formula is C34H30ClF3N10O2S. The fourth-order valence-electron chi connectivity index (χ4n) is 8.61. The summed E-state index contributed by atoms with van der Waals surface area (Å²) < 4.78 is 54.0. The van der Waals surface area contributed by atoms with Crippen molar-refractivity contribution >= 4 is 61.0 Å². The smallest absolute Gasteiger partial charge is 0.331 e. The van der Waals surface area contributed by atoms with Crippen molar-refractivity contribution in [3.8, 4) is 23.2 Å². The Morgan fingerprint density at radius 2 is 1.96 bits per heavy atom. The number of carbonyl (C=O) groups excluding carboxylic acids is 1. The summed E-state index contributed by atoms with van der Waals surface area (Å²) in [6, 6.07) is 5.33. The molecule has 2 bridgehead atoms. The van der Waals surface area contributed by atoms with Crippen molar-refractivity contribution in [3.05, 3.63) is 53.1 Å². The third kappa shape index (κ3) is 5.07. The summed E-state index contributed by atoms with van der Waals surface area (Å²) in [6.07, 6.45) is 5.39. The number of thiazole rings is 1. The Hall–Kier alpha value is -4.72.